The maximum absolute atomic E-state index is 11.5. The van der Waals surface area contributed by atoms with Crippen molar-refractivity contribution in [3.05, 3.63) is 32.6 Å². The van der Waals surface area contributed by atoms with E-state index in [4.69, 9.17) is 0 Å². The minimum Gasteiger partial charge on any atom is -0.314 e. The van der Waals surface area contributed by atoms with Gasteiger partial charge in [0.15, 0.2) is 0 Å². The molecule has 6 nitrogen and oxygen atoms in total. The fraction of sp³-hybridized carbons (Fsp3) is 0.692. The molecule has 19 heavy (non-hydrogen) atoms. The fourth-order valence-corrected chi connectivity index (χ4v) is 1.89. The maximum atomic E-state index is 11.5. The Kier molecular flexibility index (Phi) is 6.52. The number of aromatic nitrogens is 2. The molecule has 0 saturated carbocycles. The zero-order valence-electron chi connectivity index (χ0n) is 12.0. The van der Waals surface area contributed by atoms with E-state index in [-0.39, 0.29) is 11.2 Å². The van der Waals surface area contributed by atoms with Crippen LogP contribution in [0.5, 0.6) is 0 Å². The first-order chi connectivity index (χ1) is 9.08. The Bertz CT molecular complexity index is 488. The van der Waals surface area contributed by atoms with Crippen LogP contribution in [-0.2, 0) is 6.54 Å². The molecule has 1 aromatic rings. The third-order valence-electron chi connectivity index (χ3n) is 3.22. The number of likely N-dealkylation sites (N-methyl/N-ethyl adjacent to an activating group) is 1. The van der Waals surface area contributed by atoms with Crippen LogP contribution < -0.4 is 16.6 Å². The number of aromatic amines is 1. The molecule has 6 heteroatoms. The van der Waals surface area contributed by atoms with E-state index in [0.29, 0.717) is 18.7 Å². The summed E-state index contributed by atoms with van der Waals surface area (Å²) in [6, 6.07) is 0. The Morgan fingerprint density at radius 1 is 1.26 bits per heavy atom. The largest absolute Gasteiger partial charge is 0.328 e. The molecule has 1 rings (SSSR count). The average Bonchev–Trinajstić information content (AvgIpc) is 2.39. The van der Waals surface area contributed by atoms with Crippen molar-refractivity contribution in [3.8, 4) is 0 Å². The van der Waals surface area contributed by atoms with Gasteiger partial charge >= 0.3 is 5.69 Å². The van der Waals surface area contributed by atoms with Gasteiger partial charge in [0.1, 0.15) is 0 Å². The van der Waals surface area contributed by atoms with Gasteiger partial charge in [-0.3, -0.25) is 14.3 Å². The Morgan fingerprint density at radius 2 is 1.95 bits per heavy atom. The van der Waals surface area contributed by atoms with Crippen molar-refractivity contribution in [2.75, 3.05) is 32.7 Å². The van der Waals surface area contributed by atoms with E-state index in [1.165, 1.54) is 4.57 Å². The third-order valence-corrected chi connectivity index (χ3v) is 3.22. The normalized spacial score (nSPS) is 11.2. The predicted octanol–water partition coefficient (Wildman–Crippen LogP) is -0.224. The molecule has 108 valence electrons. The van der Waals surface area contributed by atoms with Gasteiger partial charge in [0, 0.05) is 37.9 Å². The number of hydrogen-bond donors (Lipinski definition) is 2. The number of nitrogens with one attached hydrogen (secondary N) is 2. The van der Waals surface area contributed by atoms with E-state index in [1.54, 1.807) is 13.1 Å². The summed E-state index contributed by atoms with van der Waals surface area (Å²) >= 11 is 0. The van der Waals surface area contributed by atoms with Crippen LogP contribution in [0.3, 0.4) is 0 Å². The first-order valence-electron chi connectivity index (χ1n) is 6.81. The quantitative estimate of drug-likeness (QED) is 0.639. The Labute approximate surface area is 113 Å². The molecule has 0 saturated heterocycles. The van der Waals surface area contributed by atoms with E-state index in [9.17, 15) is 9.59 Å². The lowest BCUT2D eigenvalue weighted by molar-refractivity contribution is 0.301. The highest BCUT2D eigenvalue weighted by Gasteiger charge is 2.01. The summed E-state index contributed by atoms with van der Waals surface area (Å²) in [5.41, 5.74) is -0.0976. The van der Waals surface area contributed by atoms with E-state index < -0.39 is 0 Å². The smallest absolute Gasteiger partial charge is 0.314 e. The third kappa shape index (κ3) is 5.00. The second kappa shape index (κ2) is 7.91. The number of hydrogen-bond acceptors (Lipinski definition) is 4. The summed E-state index contributed by atoms with van der Waals surface area (Å²) in [6.45, 7) is 11.3. The lowest BCUT2D eigenvalue weighted by Gasteiger charge is -2.18. The topological polar surface area (TPSA) is 70.1 Å². The zero-order valence-corrected chi connectivity index (χ0v) is 12.0. The Morgan fingerprint density at radius 3 is 2.58 bits per heavy atom. The molecule has 1 heterocycles. The lowest BCUT2D eigenvalue weighted by atomic mass is 10.4. The number of H-pyrrole nitrogens is 1. The molecule has 0 spiro atoms. The summed E-state index contributed by atoms with van der Waals surface area (Å²) in [6.07, 6.45) is 1.60. The molecule has 0 aliphatic rings. The van der Waals surface area contributed by atoms with E-state index in [0.717, 1.165) is 26.2 Å². The molecular formula is C13H24N4O2. The molecule has 0 aromatic carbocycles. The maximum Gasteiger partial charge on any atom is 0.328 e. The minimum atomic E-state index is -0.346. The van der Waals surface area contributed by atoms with Crippen molar-refractivity contribution in [2.45, 2.75) is 27.3 Å². The van der Waals surface area contributed by atoms with E-state index in [1.807, 2.05) is 0 Å². The van der Waals surface area contributed by atoms with Gasteiger partial charge in [-0.1, -0.05) is 13.8 Å². The van der Waals surface area contributed by atoms with Crippen LogP contribution in [0.15, 0.2) is 15.8 Å². The summed E-state index contributed by atoms with van der Waals surface area (Å²) in [7, 11) is 0. The SMILES string of the molecule is CCN(CC)CCNCCn1cc(C)c(=O)[nH]c1=O. The van der Waals surface area contributed by atoms with Crippen LogP contribution >= 0.6 is 0 Å². The molecule has 0 atom stereocenters. The van der Waals surface area contributed by atoms with E-state index in [2.05, 4.69) is 29.0 Å². The van der Waals surface area contributed by atoms with Crippen molar-refractivity contribution < 1.29 is 0 Å². The summed E-state index contributed by atoms with van der Waals surface area (Å²) in [4.78, 5) is 27.4. The Balaban J connectivity index is 2.36. The molecule has 2 N–H and O–H groups in total. The van der Waals surface area contributed by atoms with Crippen LogP contribution in [0.25, 0.3) is 0 Å². The van der Waals surface area contributed by atoms with E-state index >= 15 is 0 Å². The first kappa shape index (κ1) is 15.7. The van der Waals surface area contributed by atoms with Gasteiger partial charge in [-0.15, -0.1) is 0 Å². The lowest BCUT2D eigenvalue weighted by Crippen LogP contribution is -2.36. The molecule has 1 aromatic heterocycles. The second-order valence-electron chi connectivity index (χ2n) is 4.54. The average molecular weight is 268 g/mol. The summed E-state index contributed by atoms with van der Waals surface area (Å²) in [5, 5.41) is 3.30. The van der Waals surface area contributed by atoms with Gasteiger partial charge in [-0.25, -0.2) is 4.79 Å². The highest BCUT2D eigenvalue weighted by atomic mass is 16.2. The fourth-order valence-electron chi connectivity index (χ4n) is 1.89. The summed E-state index contributed by atoms with van der Waals surface area (Å²) in [5.74, 6) is 0. The number of rotatable bonds is 8. The molecule has 0 aliphatic heterocycles. The number of aryl methyl sites for hydroxylation is 1. The van der Waals surface area contributed by atoms with Crippen LogP contribution in [0, 0.1) is 6.92 Å². The van der Waals surface area contributed by atoms with Gasteiger partial charge in [0.05, 0.1) is 0 Å². The van der Waals surface area contributed by atoms with Crippen LogP contribution in [0.2, 0.25) is 0 Å². The highest BCUT2D eigenvalue weighted by Crippen LogP contribution is 1.85. The monoisotopic (exact) mass is 268 g/mol. The van der Waals surface area contributed by atoms with Crippen molar-refractivity contribution in [1.82, 2.24) is 19.8 Å². The molecular weight excluding hydrogens is 244 g/mol. The van der Waals surface area contributed by atoms with Gasteiger partial charge in [0.25, 0.3) is 5.56 Å². The Hall–Kier alpha value is -1.40. The molecule has 0 unspecified atom stereocenters. The van der Waals surface area contributed by atoms with Crippen molar-refractivity contribution in [2.24, 2.45) is 0 Å². The van der Waals surface area contributed by atoms with Crippen molar-refractivity contribution in [3.63, 3.8) is 0 Å². The van der Waals surface area contributed by atoms with Crippen LogP contribution in [0.4, 0.5) is 0 Å². The second-order valence-corrected chi connectivity index (χ2v) is 4.54. The minimum absolute atomic E-state index is 0.309. The molecule has 0 fully saturated rings. The molecule has 0 bridgehead atoms. The van der Waals surface area contributed by atoms with Crippen molar-refractivity contribution >= 4 is 0 Å². The predicted molar refractivity (Wildman–Crippen MR) is 76.7 cm³/mol. The van der Waals surface area contributed by atoms with Crippen LogP contribution in [-0.4, -0.2) is 47.2 Å². The zero-order chi connectivity index (χ0) is 14.3. The first-order valence-corrected chi connectivity index (χ1v) is 6.81. The van der Waals surface area contributed by atoms with Gasteiger partial charge < -0.3 is 10.2 Å². The highest BCUT2D eigenvalue weighted by molar-refractivity contribution is 5.00. The summed E-state index contributed by atoms with van der Waals surface area (Å²) < 4.78 is 1.53. The molecule has 0 aliphatic carbocycles. The standard InChI is InChI=1S/C13H24N4O2/c1-4-16(5-2)8-6-14-7-9-17-10-11(3)12(18)15-13(17)19/h10,14H,4-9H2,1-3H3,(H,15,18,19). The van der Waals surface area contributed by atoms with Crippen LogP contribution in [0.1, 0.15) is 19.4 Å². The van der Waals surface area contributed by atoms with Gasteiger partial charge in [-0.2, -0.15) is 0 Å². The van der Waals surface area contributed by atoms with Gasteiger partial charge in [0.2, 0.25) is 0 Å². The van der Waals surface area contributed by atoms with Crippen molar-refractivity contribution in [1.29, 1.82) is 0 Å². The number of nitrogens with zero attached hydrogens (tertiary/aromatic N) is 2. The molecule has 0 radical (unpaired) electrons. The molecule has 0 amide bonds. The van der Waals surface area contributed by atoms with Gasteiger partial charge in [-0.05, 0) is 20.0 Å².